The Bertz CT molecular complexity index is 713. The first kappa shape index (κ1) is 11.6. The van der Waals surface area contributed by atoms with E-state index in [9.17, 15) is 0 Å². The lowest BCUT2D eigenvalue weighted by Gasteiger charge is -1.99. The molecule has 0 saturated heterocycles. The molecule has 0 unspecified atom stereocenters. The summed E-state index contributed by atoms with van der Waals surface area (Å²) in [6.45, 7) is 0. The Morgan fingerprint density at radius 1 is 1.11 bits per heavy atom. The summed E-state index contributed by atoms with van der Waals surface area (Å²) in [6, 6.07) is 6.77. The first-order chi connectivity index (χ1) is 9.24. The van der Waals surface area contributed by atoms with Crippen LogP contribution in [-0.2, 0) is 0 Å². The third-order valence-electron chi connectivity index (χ3n) is 2.42. The molecule has 19 heavy (non-hydrogen) atoms. The first-order valence-electron chi connectivity index (χ1n) is 5.40. The van der Waals surface area contributed by atoms with Crippen molar-refractivity contribution in [2.45, 2.75) is 0 Å². The molecule has 0 fully saturated rings. The molecular weight excluding hydrogens is 266 g/mol. The van der Waals surface area contributed by atoms with Gasteiger partial charge in [0, 0.05) is 18.1 Å². The summed E-state index contributed by atoms with van der Waals surface area (Å²) in [5, 5.41) is 4.27. The summed E-state index contributed by atoms with van der Waals surface area (Å²) < 4.78 is 5.16. The molecule has 0 bridgehead atoms. The Morgan fingerprint density at radius 2 is 1.89 bits per heavy atom. The van der Waals surface area contributed by atoms with Crippen LogP contribution in [0, 0.1) is 0 Å². The van der Waals surface area contributed by atoms with Gasteiger partial charge in [0.15, 0.2) is 0 Å². The van der Waals surface area contributed by atoms with Crippen molar-refractivity contribution >= 4 is 17.3 Å². The minimum absolute atomic E-state index is 0.299. The van der Waals surface area contributed by atoms with Gasteiger partial charge in [-0.3, -0.25) is 0 Å². The van der Waals surface area contributed by atoms with E-state index in [1.807, 2.05) is 0 Å². The highest BCUT2D eigenvalue weighted by molar-refractivity contribution is 6.33. The molecule has 0 amide bonds. The van der Waals surface area contributed by atoms with Crippen LogP contribution in [0.1, 0.15) is 0 Å². The summed E-state index contributed by atoms with van der Waals surface area (Å²) in [5.74, 6) is 1.00. The van der Waals surface area contributed by atoms with Gasteiger partial charge in [-0.2, -0.15) is 4.98 Å². The summed E-state index contributed by atoms with van der Waals surface area (Å²) in [6.07, 6.45) is 3.21. The molecule has 3 aromatic rings. The van der Waals surface area contributed by atoms with Crippen LogP contribution in [-0.4, -0.2) is 20.1 Å². The molecular formula is C12H8ClN5O. The summed E-state index contributed by atoms with van der Waals surface area (Å²) >= 11 is 6.08. The number of nitrogen functional groups attached to an aromatic ring is 1. The normalized spacial score (nSPS) is 10.6. The van der Waals surface area contributed by atoms with Crippen LogP contribution in [0.15, 0.2) is 41.2 Å². The number of rotatable bonds is 2. The fourth-order valence-corrected chi connectivity index (χ4v) is 1.81. The van der Waals surface area contributed by atoms with Gasteiger partial charge in [-0.15, -0.1) is 0 Å². The van der Waals surface area contributed by atoms with Crippen LogP contribution in [0.5, 0.6) is 0 Å². The fourth-order valence-electron chi connectivity index (χ4n) is 1.54. The second kappa shape index (κ2) is 4.66. The number of benzene rings is 1. The van der Waals surface area contributed by atoms with Crippen molar-refractivity contribution < 1.29 is 4.52 Å². The van der Waals surface area contributed by atoms with Gasteiger partial charge in [0.25, 0.3) is 5.89 Å². The van der Waals surface area contributed by atoms with Gasteiger partial charge >= 0.3 is 0 Å². The van der Waals surface area contributed by atoms with Crippen LogP contribution in [0.2, 0.25) is 5.02 Å². The van der Waals surface area contributed by atoms with Crippen LogP contribution in [0.25, 0.3) is 23.1 Å². The lowest BCUT2D eigenvalue weighted by atomic mass is 10.2. The Labute approximate surface area is 113 Å². The molecule has 0 aliphatic carbocycles. The van der Waals surface area contributed by atoms with Gasteiger partial charge in [-0.1, -0.05) is 16.8 Å². The third-order valence-corrected chi connectivity index (χ3v) is 2.73. The lowest BCUT2D eigenvalue weighted by molar-refractivity contribution is 0.432. The average molecular weight is 274 g/mol. The van der Waals surface area contributed by atoms with Crippen molar-refractivity contribution in [2.75, 3.05) is 5.73 Å². The second-order valence-electron chi connectivity index (χ2n) is 3.73. The monoisotopic (exact) mass is 273 g/mol. The van der Waals surface area contributed by atoms with Crippen LogP contribution in [0.4, 0.5) is 5.69 Å². The predicted molar refractivity (Wildman–Crippen MR) is 70.2 cm³/mol. The van der Waals surface area contributed by atoms with E-state index in [0.29, 0.717) is 33.8 Å². The minimum atomic E-state index is 0.299. The highest BCUT2D eigenvalue weighted by Gasteiger charge is 2.14. The van der Waals surface area contributed by atoms with E-state index in [4.69, 9.17) is 21.9 Å². The van der Waals surface area contributed by atoms with Crippen LogP contribution >= 0.6 is 11.6 Å². The first-order valence-corrected chi connectivity index (χ1v) is 5.78. The maximum absolute atomic E-state index is 6.08. The molecule has 3 rings (SSSR count). The molecule has 0 spiro atoms. The van der Waals surface area contributed by atoms with Crippen molar-refractivity contribution in [3.8, 4) is 23.1 Å². The molecule has 0 atom stereocenters. The van der Waals surface area contributed by atoms with E-state index in [1.54, 1.807) is 36.7 Å². The molecule has 1 aromatic carbocycles. The topological polar surface area (TPSA) is 90.7 Å². The Hall–Kier alpha value is -2.47. The van der Waals surface area contributed by atoms with Gasteiger partial charge in [-0.05, 0) is 24.3 Å². The molecule has 0 aliphatic heterocycles. The van der Waals surface area contributed by atoms with E-state index in [0.717, 1.165) is 0 Å². The molecule has 0 saturated carbocycles. The molecule has 94 valence electrons. The highest BCUT2D eigenvalue weighted by atomic mass is 35.5. The molecule has 0 radical (unpaired) electrons. The largest absolute Gasteiger partial charge is 0.399 e. The fraction of sp³-hybridized carbons (Fsp3) is 0. The van der Waals surface area contributed by atoms with Gasteiger partial charge in [0.1, 0.15) is 0 Å². The standard InChI is InChI=1S/C12H8ClN5O/c13-9-6-7(14)2-3-8(9)12-17-11(18-19-12)10-15-4-1-5-16-10/h1-6H,14H2. The van der Waals surface area contributed by atoms with Crippen molar-refractivity contribution in [3.05, 3.63) is 41.7 Å². The van der Waals surface area contributed by atoms with E-state index in [2.05, 4.69) is 20.1 Å². The van der Waals surface area contributed by atoms with Crippen molar-refractivity contribution in [1.82, 2.24) is 20.1 Å². The maximum Gasteiger partial charge on any atom is 0.259 e. The number of hydrogen-bond acceptors (Lipinski definition) is 6. The number of hydrogen-bond donors (Lipinski definition) is 1. The second-order valence-corrected chi connectivity index (χ2v) is 4.14. The number of aromatic nitrogens is 4. The van der Waals surface area contributed by atoms with Crippen molar-refractivity contribution in [1.29, 1.82) is 0 Å². The average Bonchev–Trinajstić information content (AvgIpc) is 2.89. The predicted octanol–water partition coefficient (Wildman–Crippen LogP) is 2.43. The van der Waals surface area contributed by atoms with Crippen molar-refractivity contribution in [2.24, 2.45) is 0 Å². The maximum atomic E-state index is 6.08. The zero-order valence-corrected chi connectivity index (χ0v) is 10.4. The number of nitrogens with two attached hydrogens (primary N) is 1. The molecule has 2 heterocycles. The summed E-state index contributed by atoms with van der Waals surface area (Å²) in [7, 11) is 0. The van der Waals surface area contributed by atoms with Gasteiger partial charge in [0.2, 0.25) is 11.6 Å². The van der Waals surface area contributed by atoms with Crippen LogP contribution < -0.4 is 5.73 Å². The highest BCUT2D eigenvalue weighted by Crippen LogP contribution is 2.29. The van der Waals surface area contributed by atoms with Gasteiger partial charge < -0.3 is 10.3 Å². The lowest BCUT2D eigenvalue weighted by Crippen LogP contribution is -1.89. The Kier molecular flexibility index (Phi) is 2.85. The van der Waals surface area contributed by atoms with Crippen LogP contribution in [0.3, 0.4) is 0 Å². The molecule has 0 aliphatic rings. The molecule has 2 N–H and O–H groups in total. The minimum Gasteiger partial charge on any atom is -0.399 e. The number of anilines is 1. The van der Waals surface area contributed by atoms with Gasteiger partial charge in [-0.25, -0.2) is 9.97 Å². The van der Waals surface area contributed by atoms with E-state index < -0.39 is 0 Å². The number of halogens is 1. The zero-order valence-electron chi connectivity index (χ0n) is 9.62. The smallest absolute Gasteiger partial charge is 0.259 e. The third kappa shape index (κ3) is 2.25. The van der Waals surface area contributed by atoms with E-state index in [-0.39, 0.29) is 0 Å². The molecule has 7 heteroatoms. The number of nitrogens with zero attached hydrogens (tertiary/aromatic N) is 4. The van der Waals surface area contributed by atoms with E-state index >= 15 is 0 Å². The zero-order chi connectivity index (χ0) is 13.2. The SMILES string of the molecule is Nc1ccc(-c2nc(-c3ncccn3)no2)c(Cl)c1. The van der Waals surface area contributed by atoms with E-state index in [1.165, 1.54) is 0 Å². The van der Waals surface area contributed by atoms with Crippen molar-refractivity contribution in [3.63, 3.8) is 0 Å². The Morgan fingerprint density at radius 3 is 2.63 bits per heavy atom. The summed E-state index contributed by atoms with van der Waals surface area (Å²) in [5.41, 5.74) is 6.82. The molecule has 2 aromatic heterocycles. The quantitative estimate of drug-likeness (QED) is 0.721. The Balaban J connectivity index is 2.02. The van der Waals surface area contributed by atoms with Gasteiger partial charge in [0.05, 0.1) is 10.6 Å². The summed E-state index contributed by atoms with van der Waals surface area (Å²) in [4.78, 5) is 12.3. The molecule has 6 nitrogen and oxygen atoms in total.